The van der Waals surface area contributed by atoms with Crippen LogP contribution >= 0.6 is 0 Å². The lowest BCUT2D eigenvalue weighted by Gasteiger charge is -2.22. The van der Waals surface area contributed by atoms with Crippen LogP contribution in [0.25, 0.3) is 11.4 Å². The van der Waals surface area contributed by atoms with E-state index in [1.165, 1.54) is 25.7 Å². The molecule has 0 N–H and O–H groups in total. The monoisotopic (exact) mass is 310 g/mol. The van der Waals surface area contributed by atoms with Gasteiger partial charge in [0.15, 0.2) is 5.82 Å². The molecule has 0 spiro atoms. The summed E-state index contributed by atoms with van der Waals surface area (Å²) in [5, 5.41) is 0. The lowest BCUT2D eigenvalue weighted by atomic mass is 10.2. The fourth-order valence-electron chi connectivity index (χ4n) is 2.95. The molecule has 3 rings (SSSR count). The van der Waals surface area contributed by atoms with Gasteiger partial charge in [-0.15, -0.1) is 0 Å². The fourth-order valence-corrected chi connectivity index (χ4v) is 2.95. The zero-order chi connectivity index (χ0) is 16.1. The minimum Gasteiger partial charge on any atom is -0.359 e. The average Bonchev–Trinajstić information content (AvgIpc) is 3.14. The first-order valence-electron chi connectivity index (χ1n) is 8.68. The summed E-state index contributed by atoms with van der Waals surface area (Å²) >= 11 is 0. The molecule has 0 aliphatic carbocycles. The molecule has 0 amide bonds. The van der Waals surface area contributed by atoms with E-state index in [1.807, 2.05) is 18.2 Å². The molecule has 122 valence electrons. The van der Waals surface area contributed by atoms with Crippen molar-refractivity contribution in [3.05, 3.63) is 36.4 Å². The van der Waals surface area contributed by atoms with Crippen molar-refractivity contribution < 1.29 is 0 Å². The summed E-state index contributed by atoms with van der Waals surface area (Å²) in [7, 11) is 2.13. The molecule has 1 saturated heterocycles. The van der Waals surface area contributed by atoms with Crippen LogP contribution in [0.3, 0.4) is 0 Å². The average molecular weight is 310 g/mol. The highest BCUT2D eigenvalue weighted by atomic mass is 15.2. The molecule has 0 atom stereocenters. The first-order chi connectivity index (χ1) is 11.3. The van der Waals surface area contributed by atoms with Crippen LogP contribution in [0.4, 0.5) is 11.6 Å². The van der Waals surface area contributed by atoms with Gasteiger partial charge >= 0.3 is 0 Å². The van der Waals surface area contributed by atoms with Crippen molar-refractivity contribution in [2.24, 2.45) is 0 Å². The predicted molar refractivity (Wildman–Crippen MR) is 97.1 cm³/mol. The van der Waals surface area contributed by atoms with Crippen LogP contribution in [0.15, 0.2) is 36.4 Å². The Morgan fingerprint density at radius 1 is 1.09 bits per heavy atom. The molecule has 1 aliphatic heterocycles. The normalized spacial score (nSPS) is 14.3. The van der Waals surface area contributed by atoms with Gasteiger partial charge in [-0.25, -0.2) is 9.97 Å². The Morgan fingerprint density at radius 2 is 1.83 bits per heavy atom. The molecule has 1 aliphatic rings. The second kappa shape index (κ2) is 7.44. The smallest absolute Gasteiger partial charge is 0.163 e. The number of anilines is 2. The molecular weight excluding hydrogens is 284 g/mol. The van der Waals surface area contributed by atoms with Crippen molar-refractivity contribution in [1.82, 2.24) is 9.97 Å². The third-order valence-corrected chi connectivity index (χ3v) is 4.40. The van der Waals surface area contributed by atoms with E-state index in [2.05, 4.69) is 42.0 Å². The number of unbranched alkanes of at least 4 members (excludes halogenated alkanes) is 1. The Bertz CT molecular complexity index is 621. The number of nitrogens with zero attached hydrogens (tertiary/aromatic N) is 4. The van der Waals surface area contributed by atoms with E-state index in [4.69, 9.17) is 9.97 Å². The summed E-state index contributed by atoms with van der Waals surface area (Å²) in [4.78, 5) is 14.3. The molecule has 4 heteroatoms. The zero-order valence-corrected chi connectivity index (χ0v) is 14.2. The van der Waals surface area contributed by atoms with Crippen LogP contribution in [-0.4, -0.2) is 36.6 Å². The van der Waals surface area contributed by atoms with Gasteiger partial charge in [-0.1, -0.05) is 43.7 Å². The molecule has 4 nitrogen and oxygen atoms in total. The molecule has 0 bridgehead atoms. The summed E-state index contributed by atoms with van der Waals surface area (Å²) in [6.45, 7) is 5.45. The van der Waals surface area contributed by atoms with Gasteiger partial charge in [0.2, 0.25) is 0 Å². The minimum absolute atomic E-state index is 0.827. The summed E-state index contributed by atoms with van der Waals surface area (Å²) in [6.07, 6.45) is 4.89. The van der Waals surface area contributed by atoms with Gasteiger partial charge in [0, 0.05) is 38.3 Å². The van der Waals surface area contributed by atoms with E-state index in [1.54, 1.807) is 0 Å². The van der Waals surface area contributed by atoms with Gasteiger partial charge in [0.05, 0.1) is 0 Å². The lowest BCUT2D eigenvalue weighted by Crippen LogP contribution is -2.23. The van der Waals surface area contributed by atoms with E-state index in [0.717, 1.165) is 42.7 Å². The van der Waals surface area contributed by atoms with Crippen LogP contribution in [0, 0.1) is 0 Å². The molecule has 1 aromatic heterocycles. The zero-order valence-electron chi connectivity index (χ0n) is 14.2. The Morgan fingerprint density at radius 3 is 2.52 bits per heavy atom. The van der Waals surface area contributed by atoms with Crippen molar-refractivity contribution in [3.8, 4) is 11.4 Å². The molecule has 0 saturated carbocycles. The van der Waals surface area contributed by atoms with Gasteiger partial charge in [-0.05, 0) is 19.3 Å². The van der Waals surface area contributed by atoms with Gasteiger partial charge < -0.3 is 9.80 Å². The highest BCUT2D eigenvalue weighted by Crippen LogP contribution is 2.26. The maximum Gasteiger partial charge on any atom is 0.163 e. The molecule has 2 heterocycles. The second-order valence-electron chi connectivity index (χ2n) is 6.24. The molecule has 1 fully saturated rings. The summed E-state index contributed by atoms with van der Waals surface area (Å²) in [6, 6.07) is 12.4. The van der Waals surface area contributed by atoms with Gasteiger partial charge in [0.25, 0.3) is 0 Å². The molecule has 2 aromatic rings. The number of benzene rings is 1. The summed E-state index contributed by atoms with van der Waals surface area (Å²) in [5.74, 6) is 2.91. The van der Waals surface area contributed by atoms with E-state index in [9.17, 15) is 0 Å². The topological polar surface area (TPSA) is 32.3 Å². The van der Waals surface area contributed by atoms with E-state index in [0.29, 0.717) is 0 Å². The van der Waals surface area contributed by atoms with E-state index in [-0.39, 0.29) is 0 Å². The van der Waals surface area contributed by atoms with Crippen molar-refractivity contribution >= 4 is 11.6 Å². The van der Waals surface area contributed by atoms with Crippen molar-refractivity contribution in [1.29, 1.82) is 0 Å². The van der Waals surface area contributed by atoms with Crippen LogP contribution in [0.2, 0.25) is 0 Å². The Hall–Kier alpha value is -2.10. The predicted octanol–water partition coefficient (Wildman–Crippen LogP) is 3.98. The number of rotatable bonds is 6. The van der Waals surface area contributed by atoms with Gasteiger partial charge in [0.1, 0.15) is 11.6 Å². The van der Waals surface area contributed by atoms with Crippen molar-refractivity contribution in [2.75, 3.05) is 36.5 Å². The second-order valence-corrected chi connectivity index (χ2v) is 6.24. The number of aromatic nitrogens is 2. The largest absolute Gasteiger partial charge is 0.359 e. The van der Waals surface area contributed by atoms with Crippen molar-refractivity contribution in [2.45, 2.75) is 32.6 Å². The fraction of sp³-hybridized carbons (Fsp3) is 0.474. The minimum atomic E-state index is 0.827. The first-order valence-corrected chi connectivity index (χ1v) is 8.68. The van der Waals surface area contributed by atoms with Gasteiger partial charge in [-0.2, -0.15) is 0 Å². The Balaban J connectivity index is 1.96. The maximum atomic E-state index is 4.84. The highest BCUT2D eigenvalue weighted by Gasteiger charge is 2.17. The third kappa shape index (κ3) is 3.81. The van der Waals surface area contributed by atoms with Crippen molar-refractivity contribution in [3.63, 3.8) is 0 Å². The maximum absolute atomic E-state index is 4.84. The molecule has 0 unspecified atom stereocenters. The number of hydrogen-bond acceptors (Lipinski definition) is 4. The van der Waals surface area contributed by atoms with Crippen LogP contribution in [-0.2, 0) is 0 Å². The van der Waals surface area contributed by atoms with Crippen LogP contribution in [0.5, 0.6) is 0 Å². The quantitative estimate of drug-likeness (QED) is 0.808. The molecule has 0 radical (unpaired) electrons. The molecule has 23 heavy (non-hydrogen) atoms. The summed E-state index contributed by atoms with van der Waals surface area (Å²) in [5.41, 5.74) is 1.08. The first kappa shape index (κ1) is 15.8. The highest BCUT2D eigenvalue weighted by molar-refractivity contribution is 5.62. The SMILES string of the molecule is CCCCN(C)c1cc(N2CCCC2)nc(-c2ccccc2)n1. The van der Waals surface area contributed by atoms with Gasteiger partial charge in [-0.3, -0.25) is 0 Å². The number of hydrogen-bond donors (Lipinski definition) is 0. The lowest BCUT2D eigenvalue weighted by molar-refractivity contribution is 0.758. The standard InChI is InChI=1S/C19H26N4/c1-3-4-12-22(2)17-15-18(23-13-8-9-14-23)21-19(20-17)16-10-6-5-7-11-16/h5-7,10-11,15H,3-4,8-9,12-14H2,1-2H3. The van der Waals surface area contributed by atoms with E-state index < -0.39 is 0 Å². The third-order valence-electron chi connectivity index (χ3n) is 4.40. The summed E-state index contributed by atoms with van der Waals surface area (Å²) < 4.78 is 0. The van der Waals surface area contributed by atoms with Crippen LogP contribution in [0.1, 0.15) is 32.6 Å². The Kier molecular flexibility index (Phi) is 5.11. The van der Waals surface area contributed by atoms with Crippen LogP contribution < -0.4 is 9.80 Å². The molecule has 1 aromatic carbocycles. The molecular formula is C19H26N4. The van der Waals surface area contributed by atoms with E-state index >= 15 is 0 Å². The Labute approximate surface area is 139 Å².